The molecule has 3 rings (SSSR count). The zero-order valence-corrected chi connectivity index (χ0v) is 15.8. The molecular formula is C21H22N4O3. The first kappa shape index (κ1) is 19.3. The van der Waals surface area contributed by atoms with Crippen LogP contribution in [0, 0.1) is 24.0 Å². The van der Waals surface area contributed by atoms with Gasteiger partial charge >= 0.3 is 5.69 Å². The zero-order valence-electron chi connectivity index (χ0n) is 15.8. The van der Waals surface area contributed by atoms with Gasteiger partial charge in [0, 0.05) is 12.5 Å². The van der Waals surface area contributed by atoms with E-state index in [1.165, 1.54) is 4.68 Å². The molecule has 1 aromatic heterocycles. The van der Waals surface area contributed by atoms with Crippen molar-refractivity contribution in [1.29, 1.82) is 0 Å². The number of hydrogen-bond acceptors (Lipinski definition) is 4. The highest BCUT2D eigenvalue weighted by Crippen LogP contribution is 2.24. The summed E-state index contributed by atoms with van der Waals surface area (Å²) in [5, 5.41) is 18.2. The van der Waals surface area contributed by atoms with Crippen LogP contribution in [-0.4, -0.2) is 27.2 Å². The number of carbonyl (C=O) groups excluding carboxylic acids is 1. The van der Waals surface area contributed by atoms with Gasteiger partial charge in [0.1, 0.15) is 17.9 Å². The summed E-state index contributed by atoms with van der Waals surface area (Å²) >= 11 is 0. The molecule has 1 amide bonds. The molecule has 1 N–H and O–H groups in total. The summed E-state index contributed by atoms with van der Waals surface area (Å²) in [4.78, 5) is 23.1. The van der Waals surface area contributed by atoms with E-state index in [-0.39, 0.29) is 24.1 Å². The Hall–Kier alpha value is -3.48. The first-order valence-corrected chi connectivity index (χ1v) is 9.02. The van der Waals surface area contributed by atoms with Crippen molar-refractivity contribution < 1.29 is 9.72 Å². The molecule has 0 aliphatic rings. The second kappa shape index (κ2) is 8.47. The van der Waals surface area contributed by atoms with Crippen molar-refractivity contribution >= 4 is 11.6 Å². The largest absolute Gasteiger partial charge is 0.354 e. The van der Waals surface area contributed by atoms with Gasteiger partial charge in [-0.1, -0.05) is 60.7 Å². The molecule has 0 bridgehead atoms. The summed E-state index contributed by atoms with van der Waals surface area (Å²) in [6, 6.07) is 20.0. The smallest absolute Gasteiger partial charge is 0.312 e. The second-order valence-electron chi connectivity index (χ2n) is 6.61. The predicted octanol–water partition coefficient (Wildman–Crippen LogP) is 3.36. The highest BCUT2D eigenvalue weighted by Gasteiger charge is 2.23. The Morgan fingerprint density at radius 1 is 1.07 bits per heavy atom. The first-order chi connectivity index (χ1) is 13.5. The van der Waals surface area contributed by atoms with Crippen LogP contribution in [0.5, 0.6) is 0 Å². The van der Waals surface area contributed by atoms with E-state index in [0.29, 0.717) is 17.9 Å². The fraction of sp³-hybridized carbons (Fsp3) is 0.238. The summed E-state index contributed by atoms with van der Waals surface area (Å²) < 4.78 is 1.38. The van der Waals surface area contributed by atoms with Crippen LogP contribution in [0.2, 0.25) is 0 Å². The fourth-order valence-electron chi connectivity index (χ4n) is 3.31. The minimum atomic E-state index is -0.465. The number of carbonyl (C=O) groups is 1. The Balaban J connectivity index is 1.73. The molecular weight excluding hydrogens is 356 g/mol. The zero-order chi connectivity index (χ0) is 20.1. The van der Waals surface area contributed by atoms with Gasteiger partial charge in [-0.3, -0.25) is 19.6 Å². The summed E-state index contributed by atoms with van der Waals surface area (Å²) in [6.07, 6.45) is 0. The number of hydrogen-bond donors (Lipinski definition) is 1. The predicted molar refractivity (Wildman–Crippen MR) is 106 cm³/mol. The van der Waals surface area contributed by atoms with Crippen LogP contribution in [0.15, 0.2) is 60.7 Å². The Morgan fingerprint density at radius 2 is 1.61 bits per heavy atom. The van der Waals surface area contributed by atoms with Gasteiger partial charge in [0.2, 0.25) is 5.91 Å². The molecule has 1 heterocycles. The lowest BCUT2D eigenvalue weighted by Crippen LogP contribution is -2.32. The van der Waals surface area contributed by atoms with E-state index in [2.05, 4.69) is 10.4 Å². The Bertz CT molecular complexity index is 929. The van der Waals surface area contributed by atoms with E-state index in [1.54, 1.807) is 13.8 Å². The standard InChI is InChI=1S/C21H22N4O3/c1-15-21(25(27)28)16(2)24(23-15)14-20(26)22-13-19(17-9-5-3-6-10-17)18-11-7-4-8-12-18/h3-12,19H,13-14H2,1-2H3,(H,22,26). The molecule has 3 aromatic rings. The van der Waals surface area contributed by atoms with Crippen LogP contribution in [0.1, 0.15) is 28.4 Å². The summed E-state index contributed by atoms with van der Waals surface area (Å²) in [7, 11) is 0. The third-order valence-corrected chi connectivity index (χ3v) is 4.73. The van der Waals surface area contributed by atoms with E-state index >= 15 is 0 Å². The van der Waals surface area contributed by atoms with Gasteiger partial charge in [-0.15, -0.1) is 0 Å². The van der Waals surface area contributed by atoms with Crippen molar-refractivity contribution in [3.05, 3.63) is 93.3 Å². The van der Waals surface area contributed by atoms with Crippen molar-refractivity contribution in [2.24, 2.45) is 0 Å². The number of amides is 1. The number of nitro groups is 1. The topological polar surface area (TPSA) is 90.1 Å². The number of nitrogens with zero attached hydrogens (tertiary/aromatic N) is 3. The van der Waals surface area contributed by atoms with Gasteiger partial charge in [-0.05, 0) is 25.0 Å². The van der Waals surface area contributed by atoms with Crippen molar-refractivity contribution in [2.45, 2.75) is 26.3 Å². The normalized spacial score (nSPS) is 10.8. The van der Waals surface area contributed by atoms with Crippen LogP contribution in [0.3, 0.4) is 0 Å². The van der Waals surface area contributed by atoms with E-state index in [1.807, 2.05) is 60.7 Å². The van der Waals surface area contributed by atoms with Gasteiger partial charge in [0.05, 0.1) is 4.92 Å². The van der Waals surface area contributed by atoms with Gasteiger partial charge in [-0.2, -0.15) is 5.10 Å². The number of rotatable bonds is 7. The molecule has 7 heteroatoms. The molecule has 2 aromatic carbocycles. The third-order valence-electron chi connectivity index (χ3n) is 4.73. The lowest BCUT2D eigenvalue weighted by molar-refractivity contribution is -0.386. The van der Waals surface area contributed by atoms with Crippen molar-refractivity contribution in [3.63, 3.8) is 0 Å². The molecule has 0 fully saturated rings. The van der Waals surface area contributed by atoms with E-state index in [4.69, 9.17) is 0 Å². The van der Waals surface area contributed by atoms with Crippen LogP contribution in [-0.2, 0) is 11.3 Å². The van der Waals surface area contributed by atoms with Crippen LogP contribution < -0.4 is 5.32 Å². The van der Waals surface area contributed by atoms with E-state index in [9.17, 15) is 14.9 Å². The van der Waals surface area contributed by atoms with Gasteiger partial charge in [0.15, 0.2) is 0 Å². The highest BCUT2D eigenvalue weighted by molar-refractivity contribution is 5.76. The van der Waals surface area contributed by atoms with Crippen molar-refractivity contribution in [1.82, 2.24) is 15.1 Å². The quantitative estimate of drug-likeness (QED) is 0.504. The maximum Gasteiger partial charge on any atom is 0.312 e. The maximum absolute atomic E-state index is 12.5. The second-order valence-corrected chi connectivity index (χ2v) is 6.61. The molecule has 0 atom stereocenters. The SMILES string of the molecule is Cc1nn(CC(=O)NCC(c2ccccc2)c2ccccc2)c(C)c1[N+](=O)[O-]. The summed E-state index contributed by atoms with van der Waals surface area (Å²) in [6.45, 7) is 3.54. The third kappa shape index (κ3) is 4.25. The van der Waals surface area contributed by atoms with E-state index < -0.39 is 4.92 Å². The monoisotopic (exact) mass is 378 g/mol. The molecule has 144 valence electrons. The molecule has 0 saturated heterocycles. The van der Waals surface area contributed by atoms with E-state index in [0.717, 1.165) is 11.1 Å². The summed E-state index contributed by atoms with van der Waals surface area (Å²) in [5.41, 5.74) is 2.85. The van der Waals surface area contributed by atoms with Crippen LogP contribution in [0.25, 0.3) is 0 Å². The number of aromatic nitrogens is 2. The average Bonchev–Trinajstić information content (AvgIpc) is 2.97. The number of nitrogens with one attached hydrogen (secondary N) is 1. The molecule has 0 radical (unpaired) electrons. The Morgan fingerprint density at radius 3 is 2.07 bits per heavy atom. The molecule has 28 heavy (non-hydrogen) atoms. The van der Waals surface area contributed by atoms with Crippen LogP contribution in [0.4, 0.5) is 5.69 Å². The van der Waals surface area contributed by atoms with Gasteiger partial charge in [-0.25, -0.2) is 0 Å². The number of aryl methyl sites for hydroxylation is 1. The average molecular weight is 378 g/mol. The minimum absolute atomic E-state index is 0.0149. The molecule has 0 spiro atoms. The summed E-state index contributed by atoms with van der Waals surface area (Å²) in [5.74, 6) is -0.224. The number of benzene rings is 2. The van der Waals surface area contributed by atoms with Gasteiger partial charge in [0.25, 0.3) is 0 Å². The maximum atomic E-state index is 12.5. The molecule has 0 aliphatic carbocycles. The van der Waals surface area contributed by atoms with Crippen molar-refractivity contribution in [2.75, 3.05) is 6.54 Å². The van der Waals surface area contributed by atoms with Crippen LogP contribution >= 0.6 is 0 Å². The Kier molecular flexibility index (Phi) is 5.84. The minimum Gasteiger partial charge on any atom is -0.354 e. The highest BCUT2D eigenvalue weighted by atomic mass is 16.6. The lowest BCUT2D eigenvalue weighted by Gasteiger charge is -2.19. The molecule has 0 saturated carbocycles. The Labute approximate surface area is 163 Å². The van der Waals surface area contributed by atoms with Crippen molar-refractivity contribution in [3.8, 4) is 0 Å². The first-order valence-electron chi connectivity index (χ1n) is 9.02. The fourth-order valence-corrected chi connectivity index (χ4v) is 3.31. The van der Waals surface area contributed by atoms with Gasteiger partial charge < -0.3 is 5.32 Å². The molecule has 0 aliphatic heterocycles. The molecule has 7 nitrogen and oxygen atoms in total. The molecule has 0 unspecified atom stereocenters. The lowest BCUT2D eigenvalue weighted by atomic mass is 9.91.